The molecule has 4 aliphatic carbocycles. The first kappa shape index (κ1) is 30.9. The topological polar surface area (TPSA) is 7.65 Å². The van der Waals surface area contributed by atoms with Gasteiger partial charge in [-0.25, -0.2) is 4.39 Å². The Morgan fingerprint density at radius 2 is 1.11 bits per heavy atom. The molecule has 8 aromatic rings. The highest BCUT2D eigenvalue weighted by atomic mass is 19.1. The van der Waals surface area contributed by atoms with Crippen molar-refractivity contribution >= 4 is 44.3 Å². The van der Waals surface area contributed by atoms with Crippen molar-refractivity contribution in [3.8, 4) is 22.3 Å². The first-order valence-corrected chi connectivity index (χ1v) is 19.4. The van der Waals surface area contributed by atoms with Crippen LogP contribution < -0.4 is 4.90 Å². The average molecular weight is 689 g/mol. The predicted octanol–water partition coefficient (Wildman–Crippen LogP) is 13.7. The summed E-state index contributed by atoms with van der Waals surface area (Å²) in [7, 11) is 0. The molecule has 6 aromatic carbocycles. The van der Waals surface area contributed by atoms with E-state index in [0.29, 0.717) is 5.92 Å². The number of fused-ring (bicyclic) bond motifs is 5. The summed E-state index contributed by atoms with van der Waals surface area (Å²) >= 11 is 0. The lowest BCUT2D eigenvalue weighted by atomic mass is 9.51. The molecule has 2 nitrogen and oxygen atoms in total. The lowest BCUT2D eigenvalue weighted by molar-refractivity contribution is -0.00277. The van der Waals surface area contributed by atoms with Crippen LogP contribution in [0, 0.1) is 29.5 Å². The van der Waals surface area contributed by atoms with Crippen LogP contribution in [-0.2, 0) is 0 Å². The number of hydrogen-bond donors (Lipinski definition) is 0. The van der Waals surface area contributed by atoms with Gasteiger partial charge in [-0.3, -0.25) is 0 Å². The summed E-state index contributed by atoms with van der Waals surface area (Å²) in [6.45, 7) is 0. The standard InChI is InChI=1S/C50H41FN2/c51-41-16-22-44(23-17-41)53(43-20-13-37(14-21-43)48-39-27-32-26-33(29-39)30-40(48)28-32)42-18-11-34(12-19-42)38-10-9-35-15-24-47-50(45(35)31-38)49(36-6-2-1-3-7-36)46-8-4-5-25-52(46)47/h1-25,31-33,39-40,48H,26-30H2. The Balaban J connectivity index is 0.975. The van der Waals surface area contributed by atoms with E-state index in [4.69, 9.17) is 0 Å². The zero-order chi connectivity index (χ0) is 35.0. The van der Waals surface area contributed by atoms with Gasteiger partial charge in [-0.2, -0.15) is 0 Å². The second kappa shape index (κ2) is 12.2. The summed E-state index contributed by atoms with van der Waals surface area (Å²) < 4.78 is 16.5. The Morgan fingerprint density at radius 3 is 1.81 bits per heavy atom. The van der Waals surface area contributed by atoms with Gasteiger partial charge in [-0.15, -0.1) is 0 Å². The molecule has 0 aliphatic heterocycles. The SMILES string of the molecule is Fc1ccc(N(c2ccc(-c3ccc4ccc5c(c(-c6ccccc6)c6ccccn65)c4c3)cc2)c2ccc(C3C4CC5CC(C4)CC3C5)cc2)cc1. The Labute approximate surface area is 310 Å². The first-order valence-electron chi connectivity index (χ1n) is 19.4. The first-order chi connectivity index (χ1) is 26.1. The lowest BCUT2D eigenvalue weighted by Gasteiger charge is -2.54. The fraction of sp³-hybridized carbons (Fsp3) is 0.200. The Bertz CT molecular complexity index is 2590. The average Bonchev–Trinajstić information content (AvgIpc) is 3.54. The molecule has 3 heteroatoms. The predicted molar refractivity (Wildman–Crippen MR) is 218 cm³/mol. The molecule has 0 spiro atoms. The lowest BCUT2D eigenvalue weighted by Crippen LogP contribution is -2.43. The van der Waals surface area contributed by atoms with Gasteiger partial charge in [0.1, 0.15) is 5.82 Å². The fourth-order valence-corrected chi connectivity index (χ4v) is 11.0. The smallest absolute Gasteiger partial charge is 0.123 e. The number of halogens is 1. The Morgan fingerprint density at radius 1 is 0.509 bits per heavy atom. The summed E-state index contributed by atoms with van der Waals surface area (Å²) in [5.74, 6) is 4.13. The normalized spacial score (nSPS) is 21.9. The third kappa shape index (κ3) is 5.12. The van der Waals surface area contributed by atoms with Crippen LogP contribution in [0.2, 0.25) is 0 Å². The van der Waals surface area contributed by atoms with E-state index in [1.807, 2.05) is 12.1 Å². The van der Waals surface area contributed by atoms with E-state index in [1.165, 1.54) is 81.5 Å². The number of rotatable bonds is 6. The molecule has 258 valence electrons. The summed E-state index contributed by atoms with van der Waals surface area (Å²) in [5.41, 5.74) is 11.9. The molecular formula is C50H41FN2. The molecule has 53 heavy (non-hydrogen) atoms. The number of anilines is 3. The highest BCUT2D eigenvalue weighted by molar-refractivity contribution is 6.19. The van der Waals surface area contributed by atoms with Crippen LogP contribution in [0.5, 0.6) is 0 Å². The van der Waals surface area contributed by atoms with Crippen LogP contribution in [-0.4, -0.2) is 4.40 Å². The molecule has 4 fully saturated rings. The summed E-state index contributed by atoms with van der Waals surface area (Å²) in [4.78, 5) is 2.26. The minimum Gasteiger partial charge on any atom is -0.316 e. The Kier molecular flexibility index (Phi) is 7.12. The molecule has 2 heterocycles. The molecule has 0 unspecified atom stereocenters. The molecule has 2 aromatic heterocycles. The molecule has 0 radical (unpaired) electrons. The molecule has 0 atom stereocenters. The maximum absolute atomic E-state index is 14.2. The van der Waals surface area contributed by atoms with Crippen molar-refractivity contribution in [1.82, 2.24) is 4.40 Å². The second-order valence-electron chi connectivity index (χ2n) is 16.0. The van der Waals surface area contributed by atoms with E-state index in [0.717, 1.165) is 46.3 Å². The van der Waals surface area contributed by atoms with Gasteiger partial charge in [0.2, 0.25) is 0 Å². The van der Waals surface area contributed by atoms with Crippen LogP contribution in [0.25, 0.3) is 49.4 Å². The molecule has 0 saturated heterocycles. The molecule has 4 bridgehead atoms. The molecule has 0 amide bonds. The van der Waals surface area contributed by atoms with Crippen molar-refractivity contribution < 1.29 is 4.39 Å². The van der Waals surface area contributed by atoms with Gasteiger partial charge in [0, 0.05) is 34.2 Å². The summed E-state index contributed by atoms with van der Waals surface area (Å²) in [6.07, 6.45) is 9.34. The van der Waals surface area contributed by atoms with Gasteiger partial charge in [0.05, 0.1) is 11.0 Å². The van der Waals surface area contributed by atoms with Crippen molar-refractivity contribution in [1.29, 1.82) is 0 Å². The highest BCUT2D eigenvalue weighted by Gasteiger charge is 2.48. The van der Waals surface area contributed by atoms with Crippen LogP contribution >= 0.6 is 0 Å². The van der Waals surface area contributed by atoms with Crippen molar-refractivity contribution in [2.24, 2.45) is 23.7 Å². The van der Waals surface area contributed by atoms with E-state index in [-0.39, 0.29) is 5.82 Å². The molecular weight excluding hydrogens is 648 g/mol. The zero-order valence-corrected chi connectivity index (χ0v) is 29.7. The molecule has 4 aliphatic rings. The van der Waals surface area contributed by atoms with E-state index in [2.05, 4.69) is 143 Å². The van der Waals surface area contributed by atoms with Gasteiger partial charge in [0.25, 0.3) is 0 Å². The largest absolute Gasteiger partial charge is 0.316 e. The highest BCUT2D eigenvalue weighted by Crippen LogP contribution is 2.60. The summed E-state index contributed by atoms with van der Waals surface area (Å²) in [6, 6.07) is 53.7. The second-order valence-corrected chi connectivity index (χ2v) is 16.0. The number of benzene rings is 6. The number of aromatic nitrogens is 1. The minimum absolute atomic E-state index is 0.224. The van der Waals surface area contributed by atoms with Gasteiger partial charge < -0.3 is 9.30 Å². The number of nitrogens with zero attached hydrogens (tertiary/aromatic N) is 2. The number of pyridine rings is 1. The van der Waals surface area contributed by atoms with Gasteiger partial charge in [-0.1, -0.05) is 78.9 Å². The van der Waals surface area contributed by atoms with Crippen molar-refractivity contribution in [2.45, 2.75) is 38.0 Å². The fourth-order valence-electron chi connectivity index (χ4n) is 11.0. The van der Waals surface area contributed by atoms with E-state index in [9.17, 15) is 4.39 Å². The number of hydrogen-bond acceptors (Lipinski definition) is 1. The van der Waals surface area contributed by atoms with Gasteiger partial charge >= 0.3 is 0 Å². The maximum Gasteiger partial charge on any atom is 0.123 e. The van der Waals surface area contributed by atoms with Gasteiger partial charge in [0.15, 0.2) is 0 Å². The van der Waals surface area contributed by atoms with Gasteiger partial charge in [-0.05, 0) is 168 Å². The van der Waals surface area contributed by atoms with Crippen molar-refractivity contribution in [2.75, 3.05) is 4.90 Å². The molecule has 0 N–H and O–H groups in total. The maximum atomic E-state index is 14.2. The van der Waals surface area contributed by atoms with Crippen LogP contribution in [0.4, 0.5) is 21.5 Å². The van der Waals surface area contributed by atoms with Crippen molar-refractivity contribution in [3.63, 3.8) is 0 Å². The molecule has 4 saturated carbocycles. The monoisotopic (exact) mass is 688 g/mol. The van der Waals surface area contributed by atoms with E-state index in [1.54, 1.807) is 12.1 Å². The van der Waals surface area contributed by atoms with Crippen LogP contribution in [0.1, 0.15) is 43.6 Å². The summed E-state index contributed by atoms with van der Waals surface area (Å²) in [5, 5.41) is 3.75. The zero-order valence-electron chi connectivity index (χ0n) is 29.7. The Hall–Kier alpha value is -5.67. The van der Waals surface area contributed by atoms with Crippen LogP contribution in [0.15, 0.2) is 158 Å². The third-order valence-corrected chi connectivity index (χ3v) is 13.0. The van der Waals surface area contributed by atoms with Crippen molar-refractivity contribution in [3.05, 3.63) is 169 Å². The third-order valence-electron chi connectivity index (χ3n) is 13.0. The van der Waals surface area contributed by atoms with Crippen LogP contribution in [0.3, 0.4) is 0 Å². The quantitative estimate of drug-likeness (QED) is 0.169. The molecule has 12 rings (SSSR count). The minimum atomic E-state index is -0.224. The van der Waals surface area contributed by atoms with E-state index < -0.39 is 0 Å². The van der Waals surface area contributed by atoms with E-state index >= 15 is 0 Å².